The summed E-state index contributed by atoms with van der Waals surface area (Å²) in [6, 6.07) is 12.3. The number of nitrogens with zero attached hydrogens (tertiary/aromatic N) is 2. The Morgan fingerprint density at radius 1 is 1.11 bits per heavy atom. The van der Waals surface area contributed by atoms with Gasteiger partial charge in [-0.1, -0.05) is 24.3 Å². The molecule has 3 heterocycles. The van der Waals surface area contributed by atoms with Crippen molar-refractivity contribution < 1.29 is 19.5 Å². The average Bonchev–Trinajstić information content (AvgIpc) is 3.55. The van der Waals surface area contributed by atoms with Gasteiger partial charge in [-0.2, -0.15) is 0 Å². The number of carbonyl (C=O) groups excluding carboxylic acids is 3. The molecule has 2 aromatic carbocycles. The van der Waals surface area contributed by atoms with Crippen LogP contribution in [-0.4, -0.2) is 44.8 Å². The number of carbonyl (C=O) groups is 3. The van der Waals surface area contributed by atoms with E-state index in [2.05, 4.69) is 15.6 Å². The Morgan fingerprint density at radius 2 is 1.86 bits per heavy atom. The molecule has 0 saturated heterocycles. The summed E-state index contributed by atoms with van der Waals surface area (Å²) in [5.74, 6) is -0.580. The Balaban J connectivity index is 1.42. The van der Waals surface area contributed by atoms with E-state index in [4.69, 9.17) is 11.6 Å². The molecule has 4 N–H and O–H groups in total. The van der Waals surface area contributed by atoms with E-state index >= 15 is 0 Å². The Labute approximate surface area is 211 Å². The van der Waals surface area contributed by atoms with Crippen molar-refractivity contribution in [2.45, 2.75) is 12.8 Å². The minimum Gasteiger partial charge on any atom is -0.507 e. The number of halogens is 1. The van der Waals surface area contributed by atoms with E-state index < -0.39 is 5.91 Å². The van der Waals surface area contributed by atoms with Crippen LogP contribution in [0.5, 0.6) is 5.75 Å². The zero-order chi connectivity index (χ0) is 25.6. The molecule has 0 spiro atoms. The Kier molecular flexibility index (Phi) is 5.93. The summed E-state index contributed by atoms with van der Waals surface area (Å²) in [6.07, 6.45) is 3.17. The number of alkyl halides is 1. The summed E-state index contributed by atoms with van der Waals surface area (Å²) in [7, 11) is 1.72. The van der Waals surface area contributed by atoms with Gasteiger partial charge in [0.15, 0.2) is 0 Å². The van der Waals surface area contributed by atoms with Gasteiger partial charge in [0.2, 0.25) is 5.91 Å². The first kappa shape index (κ1) is 23.5. The predicted molar refractivity (Wildman–Crippen MR) is 139 cm³/mol. The van der Waals surface area contributed by atoms with Gasteiger partial charge in [-0.25, -0.2) is 0 Å². The third-order valence-corrected chi connectivity index (χ3v) is 6.68. The monoisotopic (exact) mass is 505 g/mol. The molecule has 1 aliphatic heterocycles. The van der Waals surface area contributed by atoms with Crippen molar-refractivity contribution in [3.05, 3.63) is 71.8 Å². The molecule has 36 heavy (non-hydrogen) atoms. The maximum absolute atomic E-state index is 13.6. The molecule has 1 unspecified atom stereocenters. The van der Waals surface area contributed by atoms with Crippen molar-refractivity contribution >= 4 is 57.2 Å². The molecule has 2 aromatic heterocycles. The Bertz CT molecular complexity index is 1520. The lowest BCUT2D eigenvalue weighted by molar-refractivity contribution is -0.114. The second-order valence-corrected chi connectivity index (χ2v) is 9.11. The van der Waals surface area contributed by atoms with Gasteiger partial charge in [0.1, 0.15) is 17.1 Å². The summed E-state index contributed by atoms with van der Waals surface area (Å²) >= 11 is 6.29. The second kappa shape index (κ2) is 9.09. The largest absolute Gasteiger partial charge is 0.507 e. The number of rotatable bonds is 5. The molecule has 5 rings (SSSR count). The van der Waals surface area contributed by atoms with Crippen molar-refractivity contribution in [2.24, 2.45) is 7.05 Å². The number of amides is 3. The minimum absolute atomic E-state index is 0.0822. The summed E-state index contributed by atoms with van der Waals surface area (Å²) in [4.78, 5) is 42.0. The molecule has 10 heteroatoms. The molecule has 184 valence electrons. The number of hydrogen-bond acceptors (Lipinski definition) is 4. The highest BCUT2D eigenvalue weighted by atomic mass is 35.5. The zero-order valence-electron chi connectivity index (χ0n) is 19.6. The van der Waals surface area contributed by atoms with Gasteiger partial charge in [0, 0.05) is 56.2 Å². The quantitative estimate of drug-likeness (QED) is 0.300. The summed E-state index contributed by atoms with van der Waals surface area (Å²) < 4.78 is 1.64. The van der Waals surface area contributed by atoms with Gasteiger partial charge in [-0.15, -0.1) is 11.6 Å². The van der Waals surface area contributed by atoms with E-state index in [9.17, 15) is 19.5 Å². The lowest BCUT2D eigenvalue weighted by Gasteiger charge is -2.18. The lowest BCUT2D eigenvalue weighted by atomic mass is 9.95. The van der Waals surface area contributed by atoms with Gasteiger partial charge in [-0.3, -0.25) is 14.4 Å². The van der Waals surface area contributed by atoms with Crippen LogP contribution < -0.4 is 15.5 Å². The van der Waals surface area contributed by atoms with Crippen LogP contribution in [0.25, 0.3) is 10.8 Å². The van der Waals surface area contributed by atoms with E-state index in [-0.39, 0.29) is 29.2 Å². The lowest BCUT2D eigenvalue weighted by Crippen LogP contribution is -2.31. The van der Waals surface area contributed by atoms with Gasteiger partial charge in [0.05, 0.1) is 17.1 Å². The van der Waals surface area contributed by atoms with Crippen molar-refractivity contribution in [2.75, 3.05) is 28.0 Å². The number of aromatic amines is 1. The van der Waals surface area contributed by atoms with E-state index in [0.717, 1.165) is 16.3 Å². The van der Waals surface area contributed by atoms with Gasteiger partial charge < -0.3 is 30.2 Å². The third-order valence-electron chi connectivity index (χ3n) is 6.31. The number of nitrogens with one attached hydrogen (secondary N) is 3. The molecule has 3 amide bonds. The molecule has 0 saturated carbocycles. The maximum atomic E-state index is 13.6. The van der Waals surface area contributed by atoms with Crippen LogP contribution >= 0.6 is 11.6 Å². The summed E-state index contributed by atoms with van der Waals surface area (Å²) in [5, 5.41) is 17.6. The molecule has 0 bridgehead atoms. The highest BCUT2D eigenvalue weighted by Crippen LogP contribution is 2.45. The van der Waals surface area contributed by atoms with Gasteiger partial charge in [0.25, 0.3) is 11.8 Å². The number of benzene rings is 2. The standard InChI is InChI=1S/C26H24ClN5O4/c1-14(33)29-16-7-20(28-11-16)25(35)30-17-8-22(31(2)13-17)26(36)32-12-15(10-27)24-19-6-4-3-5-18(19)23(34)9-21(24)32/h3-9,11,13,15,28,34H,10,12H2,1-2H3,(H,29,33)(H,30,35). The fourth-order valence-corrected chi connectivity index (χ4v) is 4.98. The number of phenolic OH excluding ortho intramolecular Hbond substituents is 1. The van der Waals surface area contributed by atoms with Crippen LogP contribution in [0.4, 0.5) is 17.1 Å². The normalized spacial score (nSPS) is 14.6. The SMILES string of the molecule is CC(=O)Nc1c[nH]c(C(=O)Nc2cc(C(=O)N3CC(CCl)c4c3cc(O)c3ccccc43)n(C)c2)c1. The topological polar surface area (TPSA) is 119 Å². The fraction of sp³-hybridized carbons (Fsp3) is 0.192. The Hall–Kier alpha value is -4.24. The predicted octanol–water partition coefficient (Wildman–Crippen LogP) is 4.41. The van der Waals surface area contributed by atoms with E-state index in [1.54, 1.807) is 34.8 Å². The fourth-order valence-electron chi connectivity index (χ4n) is 4.73. The Morgan fingerprint density at radius 3 is 2.58 bits per heavy atom. The van der Waals surface area contributed by atoms with Crippen molar-refractivity contribution in [1.82, 2.24) is 9.55 Å². The van der Waals surface area contributed by atoms with Crippen LogP contribution in [0, 0.1) is 0 Å². The summed E-state index contributed by atoms with van der Waals surface area (Å²) in [5.41, 5.74) is 3.12. The molecule has 4 aromatic rings. The first-order valence-electron chi connectivity index (χ1n) is 11.3. The van der Waals surface area contributed by atoms with E-state index in [0.29, 0.717) is 35.2 Å². The van der Waals surface area contributed by atoms with Crippen LogP contribution in [0.15, 0.2) is 54.9 Å². The average molecular weight is 506 g/mol. The van der Waals surface area contributed by atoms with Crippen LogP contribution in [0.2, 0.25) is 0 Å². The molecule has 0 fully saturated rings. The first-order chi connectivity index (χ1) is 17.3. The van der Waals surface area contributed by atoms with Crippen molar-refractivity contribution in [3.8, 4) is 5.75 Å². The van der Waals surface area contributed by atoms with Gasteiger partial charge in [-0.05, 0) is 23.1 Å². The van der Waals surface area contributed by atoms with Crippen molar-refractivity contribution in [1.29, 1.82) is 0 Å². The number of hydrogen-bond donors (Lipinski definition) is 4. The van der Waals surface area contributed by atoms with Crippen LogP contribution in [0.3, 0.4) is 0 Å². The third kappa shape index (κ3) is 4.07. The van der Waals surface area contributed by atoms with Crippen molar-refractivity contribution in [3.63, 3.8) is 0 Å². The number of aryl methyl sites for hydroxylation is 1. The minimum atomic E-state index is -0.415. The summed E-state index contributed by atoms with van der Waals surface area (Å²) in [6.45, 7) is 1.76. The number of aromatic nitrogens is 2. The zero-order valence-corrected chi connectivity index (χ0v) is 20.4. The van der Waals surface area contributed by atoms with Crippen LogP contribution in [-0.2, 0) is 11.8 Å². The molecule has 0 radical (unpaired) electrons. The smallest absolute Gasteiger partial charge is 0.274 e. The highest BCUT2D eigenvalue weighted by Gasteiger charge is 2.35. The number of aromatic hydroxyl groups is 1. The molecule has 1 atom stereocenters. The molecule has 1 aliphatic rings. The van der Waals surface area contributed by atoms with Crippen LogP contribution in [0.1, 0.15) is 39.4 Å². The second-order valence-electron chi connectivity index (χ2n) is 8.80. The van der Waals surface area contributed by atoms with E-state index in [1.165, 1.54) is 19.2 Å². The number of anilines is 3. The highest BCUT2D eigenvalue weighted by molar-refractivity contribution is 6.19. The first-order valence-corrected chi connectivity index (χ1v) is 11.9. The molecule has 9 nitrogen and oxygen atoms in total. The van der Waals surface area contributed by atoms with Gasteiger partial charge >= 0.3 is 0 Å². The maximum Gasteiger partial charge on any atom is 0.274 e. The molecule has 0 aliphatic carbocycles. The van der Waals surface area contributed by atoms with E-state index in [1.807, 2.05) is 24.3 Å². The molecular formula is C26H24ClN5O4. The number of H-pyrrole nitrogens is 1. The number of phenols is 1. The molecular weight excluding hydrogens is 482 g/mol. The number of fused-ring (bicyclic) bond motifs is 3.